The van der Waals surface area contributed by atoms with Crippen LogP contribution in [0.4, 0.5) is 27.3 Å². The summed E-state index contributed by atoms with van der Waals surface area (Å²) < 4.78 is 114. The number of fused-ring (bicyclic) bond motifs is 1. The van der Waals surface area contributed by atoms with E-state index in [1.165, 1.54) is 31.2 Å². The smallest absolute Gasteiger partial charge is 0.339 e. The van der Waals surface area contributed by atoms with Crippen molar-refractivity contribution < 1.29 is 124 Å². The van der Waals surface area contributed by atoms with Crippen LogP contribution in [-0.4, -0.2) is 48.9 Å². The number of hydrogen-bond donors (Lipinski definition) is 4. The largest absolute Gasteiger partial charge is 1.00 e. The Hall–Kier alpha value is -1.01. The summed E-state index contributed by atoms with van der Waals surface area (Å²) >= 11 is 6.08. The van der Waals surface area contributed by atoms with E-state index in [0.29, 0.717) is 17.8 Å². The first-order valence-electron chi connectivity index (χ1n) is 10.5. The number of rotatable bonds is 7. The van der Waals surface area contributed by atoms with Gasteiger partial charge in [-0.25, -0.2) is 4.98 Å². The van der Waals surface area contributed by atoms with Gasteiger partial charge in [0.1, 0.15) is 14.8 Å². The minimum absolute atomic E-state index is 0. The summed E-state index contributed by atoms with van der Waals surface area (Å²) in [5.74, 6) is 0.0155. The van der Waals surface area contributed by atoms with Crippen LogP contribution in [0.5, 0.6) is 0 Å². The predicted octanol–water partition coefficient (Wildman–Crippen LogP) is -1.36. The fourth-order valence-electron chi connectivity index (χ4n) is 3.46. The van der Waals surface area contributed by atoms with Gasteiger partial charge in [0, 0.05) is 16.5 Å². The molecule has 4 aromatic rings. The van der Waals surface area contributed by atoms with Gasteiger partial charge < -0.3 is 5.32 Å². The molecule has 0 atom stereocenters. The molecule has 0 unspecified atom stereocenters. The van der Waals surface area contributed by atoms with Crippen LogP contribution in [0, 0.1) is 13.0 Å². The zero-order valence-electron chi connectivity index (χ0n) is 21.7. The molecule has 4 rings (SSSR count). The van der Waals surface area contributed by atoms with Crippen LogP contribution in [-0.2, 0) is 30.4 Å². The van der Waals surface area contributed by atoms with Gasteiger partial charge >= 0.3 is 87.0 Å². The first-order chi connectivity index (χ1) is 18.4. The zero-order valence-corrected chi connectivity index (χ0v) is 30.0. The van der Waals surface area contributed by atoms with E-state index in [1.54, 1.807) is 0 Å². The number of hydrogen-bond acceptors (Lipinski definition) is 11. The zero-order chi connectivity index (χ0) is 29.6. The van der Waals surface area contributed by atoms with Gasteiger partial charge in [0.2, 0.25) is 0 Å². The molecule has 0 aliphatic carbocycles. The molecule has 14 nitrogen and oxygen atoms in total. The molecule has 0 amide bonds. The van der Waals surface area contributed by atoms with Gasteiger partial charge in [0.05, 0.1) is 22.0 Å². The third-order valence-electron chi connectivity index (χ3n) is 5.21. The predicted molar refractivity (Wildman–Crippen MR) is 139 cm³/mol. The molecule has 42 heavy (non-hydrogen) atoms. The standard InChI is InChI=1S/C21H15ClFN5O9S3.K.Na/c1-10-19(22)20(26-21(23)24-10)25-11-2-4-12(5-3-11)27-28-13-6-15-16(17(7-13)39(32,33)34)8-14(38(29,30)31)9-18(15)40(35,36)37;;/h2-9H,1H3,(H,24,25,26)(H,29,30,31)(H,32,33,34)(H,35,36,37);;/q;2*+1. The summed E-state index contributed by atoms with van der Waals surface area (Å²) in [6.45, 7) is 1.49. The van der Waals surface area contributed by atoms with Crippen LogP contribution in [0.2, 0.25) is 5.02 Å². The maximum absolute atomic E-state index is 13.5. The molecule has 21 heteroatoms. The van der Waals surface area contributed by atoms with E-state index in [1.807, 2.05) is 0 Å². The van der Waals surface area contributed by atoms with Crippen molar-refractivity contribution in [3.05, 3.63) is 65.3 Å². The first-order valence-corrected chi connectivity index (χ1v) is 15.2. The fraction of sp³-hybridized carbons (Fsp3) is 0.0476. The fourth-order valence-corrected chi connectivity index (χ4v) is 5.64. The van der Waals surface area contributed by atoms with Crippen LogP contribution < -0.4 is 86.3 Å². The molecule has 210 valence electrons. The average molecular weight is 694 g/mol. The van der Waals surface area contributed by atoms with Crippen LogP contribution in [0.1, 0.15) is 5.69 Å². The summed E-state index contributed by atoms with van der Waals surface area (Å²) in [7, 11) is -15.3. The molecule has 0 saturated heterocycles. The number of nitrogens with zero attached hydrogens (tertiary/aromatic N) is 4. The topological polar surface area (TPSA) is 226 Å². The van der Waals surface area contributed by atoms with Crippen LogP contribution in [0.25, 0.3) is 10.8 Å². The van der Waals surface area contributed by atoms with E-state index in [4.69, 9.17) is 11.6 Å². The van der Waals surface area contributed by atoms with E-state index in [9.17, 15) is 43.3 Å². The van der Waals surface area contributed by atoms with Crippen molar-refractivity contribution >= 4 is 75.6 Å². The Labute approximate surface area is 308 Å². The molecule has 0 bridgehead atoms. The molecular formula is C21H15ClFKN5NaO9S3+2. The van der Waals surface area contributed by atoms with E-state index < -0.39 is 61.9 Å². The van der Waals surface area contributed by atoms with Crippen molar-refractivity contribution in [2.24, 2.45) is 10.2 Å². The molecule has 0 aliphatic heterocycles. The van der Waals surface area contributed by atoms with Gasteiger partial charge in [-0.15, -0.1) is 0 Å². The first kappa shape index (κ1) is 37.2. The maximum Gasteiger partial charge on any atom is 1.00 e. The normalized spacial score (nSPS) is 12.1. The van der Waals surface area contributed by atoms with Crippen molar-refractivity contribution in [1.82, 2.24) is 9.97 Å². The second-order valence-corrected chi connectivity index (χ2v) is 12.6. The second-order valence-electron chi connectivity index (χ2n) is 8.00. The van der Waals surface area contributed by atoms with Gasteiger partial charge in [0.25, 0.3) is 30.4 Å². The molecule has 0 saturated carbocycles. The quantitative estimate of drug-likeness (QED) is 0.0762. The number of aromatic nitrogens is 2. The minimum Gasteiger partial charge on any atom is -0.339 e. The Morgan fingerprint density at radius 1 is 0.786 bits per heavy atom. The SMILES string of the molecule is Cc1nc(F)nc(Nc2ccc(N=Nc3cc(S(=O)(=O)O)c4cc(S(=O)(=O)O)cc(S(=O)(=O)O)c4c3)cc2)c1Cl.[K+].[Na+]. The van der Waals surface area contributed by atoms with Crippen LogP contribution in [0.15, 0.2) is 73.4 Å². The Kier molecular flexibility index (Phi) is 12.4. The van der Waals surface area contributed by atoms with Crippen molar-refractivity contribution in [2.45, 2.75) is 21.6 Å². The third-order valence-corrected chi connectivity index (χ3v) is 8.28. The summed E-state index contributed by atoms with van der Waals surface area (Å²) in [6, 6.07) is 8.63. The second kappa shape index (κ2) is 14.0. The van der Waals surface area contributed by atoms with Gasteiger partial charge in [-0.3, -0.25) is 13.7 Å². The molecule has 4 N–H and O–H groups in total. The molecule has 1 heterocycles. The van der Waals surface area contributed by atoms with Gasteiger partial charge in [-0.1, -0.05) is 11.6 Å². The Balaban J connectivity index is 0.00000308. The van der Waals surface area contributed by atoms with Crippen LogP contribution >= 0.6 is 11.6 Å². The average Bonchev–Trinajstić information content (AvgIpc) is 2.83. The molecule has 1 aromatic heterocycles. The third kappa shape index (κ3) is 8.79. The van der Waals surface area contributed by atoms with E-state index in [0.717, 1.165) is 12.1 Å². The molecule has 0 spiro atoms. The van der Waals surface area contributed by atoms with Crippen molar-refractivity contribution in [2.75, 3.05) is 5.32 Å². The van der Waals surface area contributed by atoms with Crippen molar-refractivity contribution in [1.29, 1.82) is 0 Å². The molecule has 0 radical (unpaired) electrons. The molecule has 0 aliphatic rings. The number of nitrogens with one attached hydrogen (secondary N) is 1. The Morgan fingerprint density at radius 3 is 1.86 bits per heavy atom. The Bertz CT molecular complexity index is 2050. The summed E-state index contributed by atoms with van der Waals surface area (Å²) in [5.41, 5.74) is 0.524. The maximum atomic E-state index is 13.5. The minimum atomic E-state index is -5.17. The van der Waals surface area contributed by atoms with Crippen molar-refractivity contribution in [3.8, 4) is 0 Å². The van der Waals surface area contributed by atoms with Crippen LogP contribution in [0.3, 0.4) is 0 Å². The monoisotopic (exact) mass is 693 g/mol. The van der Waals surface area contributed by atoms with E-state index in [-0.39, 0.29) is 109 Å². The Morgan fingerprint density at radius 2 is 1.31 bits per heavy atom. The number of azo groups is 1. The van der Waals surface area contributed by atoms with Gasteiger partial charge in [-0.05, 0) is 55.5 Å². The summed E-state index contributed by atoms with van der Waals surface area (Å²) in [6.07, 6.45) is -0.985. The number of aryl methyl sites for hydroxylation is 1. The van der Waals surface area contributed by atoms with Crippen molar-refractivity contribution in [3.63, 3.8) is 0 Å². The molecular weight excluding hydrogens is 679 g/mol. The summed E-state index contributed by atoms with van der Waals surface area (Å²) in [4.78, 5) is 3.98. The number of halogens is 2. The molecule has 3 aromatic carbocycles. The number of anilines is 2. The number of benzene rings is 3. The van der Waals surface area contributed by atoms with Gasteiger partial charge in [0.15, 0.2) is 5.82 Å². The molecule has 0 fully saturated rings. The summed E-state index contributed by atoms with van der Waals surface area (Å²) in [5, 5.41) is 9.47. The van der Waals surface area contributed by atoms with E-state index in [2.05, 4.69) is 25.5 Å². The van der Waals surface area contributed by atoms with Gasteiger partial charge in [-0.2, -0.15) is 44.9 Å². The van der Waals surface area contributed by atoms with E-state index >= 15 is 0 Å².